The zero-order chi connectivity index (χ0) is 11.9. The molecule has 90 valence electrons. The Labute approximate surface area is 94.9 Å². The van der Waals surface area contributed by atoms with Gasteiger partial charge in [0, 0.05) is 13.7 Å². The molecule has 2 N–H and O–H groups in total. The van der Waals surface area contributed by atoms with E-state index >= 15 is 0 Å². The number of amides is 2. The third kappa shape index (κ3) is 1.34. The summed E-state index contributed by atoms with van der Waals surface area (Å²) in [5.74, 6) is -0.0184. The fourth-order valence-corrected chi connectivity index (χ4v) is 2.93. The number of methoxy groups -OCH3 is 1. The van der Waals surface area contributed by atoms with E-state index in [9.17, 15) is 9.59 Å². The summed E-state index contributed by atoms with van der Waals surface area (Å²) in [6.07, 6.45) is 1.63. The molecule has 16 heavy (non-hydrogen) atoms. The van der Waals surface area contributed by atoms with Gasteiger partial charge in [-0.25, -0.2) is 0 Å². The normalized spacial score (nSPS) is 33.4. The van der Waals surface area contributed by atoms with Crippen molar-refractivity contribution in [2.45, 2.75) is 37.8 Å². The first-order valence-electron chi connectivity index (χ1n) is 5.69. The number of primary amides is 1. The summed E-state index contributed by atoms with van der Waals surface area (Å²) in [7, 11) is 1.52. The van der Waals surface area contributed by atoms with Crippen molar-refractivity contribution in [1.29, 1.82) is 0 Å². The van der Waals surface area contributed by atoms with Crippen molar-refractivity contribution in [2.75, 3.05) is 13.7 Å². The standard InChI is InChI=1S/C11H18N2O3/c1-3-8(16-2)9(14)13-6-7-4-11(13,5-7)10(12)15/h7-8H,3-6H2,1-2H3,(H2,12,15)/t7?,8-,11?/m0/s1. The summed E-state index contributed by atoms with van der Waals surface area (Å²) in [6.45, 7) is 2.55. The molecule has 5 heteroatoms. The van der Waals surface area contributed by atoms with Gasteiger partial charge < -0.3 is 15.4 Å². The second kappa shape index (κ2) is 3.73. The minimum atomic E-state index is -0.701. The molecule has 0 aromatic heterocycles. The summed E-state index contributed by atoms with van der Waals surface area (Å²) < 4.78 is 5.12. The van der Waals surface area contributed by atoms with Crippen molar-refractivity contribution in [3.63, 3.8) is 0 Å². The molecule has 0 unspecified atom stereocenters. The molecule has 1 aliphatic carbocycles. The van der Waals surface area contributed by atoms with Gasteiger partial charge in [0.2, 0.25) is 5.91 Å². The SMILES string of the molecule is CC[C@H](OC)C(=O)N1CC2CC1(C(N)=O)C2. The highest BCUT2D eigenvalue weighted by Gasteiger charge is 2.62. The van der Waals surface area contributed by atoms with Crippen LogP contribution in [-0.2, 0) is 14.3 Å². The van der Waals surface area contributed by atoms with Crippen LogP contribution < -0.4 is 5.73 Å². The molecule has 2 saturated heterocycles. The van der Waals surface area contributed by atoms with Crippen molar-refractivity contribution >= 4 is 11.8 Å². The third-order valence-corrected chi connectivity index (χ3v) is 3.87. The molecule has 2 amide bonds. The lowest BCUT2D eigenvalue weighted by molar-refractivity contribution is -0.151. The van der Waals surface area contributed by atoms with Crippen LogP contribution in [-0.4, -0.2) is 42.0 Å². The number of nitrogens with two attached hydrogens (primary N) is 1. The summed E-state index contributed by atoms with van der Waals surface area (Å²) in [6, 6.07) is 0. The van der Waals surface area contributed by atoms with Crippen LogP contribution in [0.5, 0.6) is 0 Å². The van der Waals surface area contributed by atoms with Gasteiger partial charge >= 0.3 is 0 Å². The molecule has 3 rings (SSSR count). The van der Waals surface area contributed by atoms with E-state index < -0.39 is 11.6 Å². The van der Waals surface area contributed by atoms with Crippen molar-refractivity contribution in [1.82, 2.24) is 4.90 Å². The summed E-state index contributed by atoms with van der Waals surface area (Å²) in [5.41, 5.74) is 4.71. The molecule has 0 aromatic carbocycles. The van der Waals surface area contributed by atoms with Crippen molar-refractivity contribution in [3.05, 3.63) is 0 Å². The van der Waals surface area contributed by atoms with Crippen LogP contribution in [0, 0.1) is 5.92 Å². The maximum Gasteiger partial charge on any atom is 0.252 e. The minimum Gasteiger partial charge on any atom is -0.372 e. The number of fused-ring (bicyclic) bond motifs is 1. The maximum atomic E-state index is 12.1. The van der Waals surface area contributed by atoms with Gasteiger partial charge in [-0.05, 0) is 25.2 Å². The third-order valence-electron chi connectivity index (χ3n) is 3.87. The van der Waals surface area contributed by atoms with Gasteiger partial charge in [-0.15, -0.1) is 0 Å². The lowest BCUT2D eigenvalue weighted by Crippen LogP contribution is -2.59. The van der Waals surface area contributed by atoms with Crippen LogP contribution >= 0.6 is 0 Å². The van der Waals surface area contributed by atoms with Crippen LogP contribution in [0.3, 0.4) is 0 Å². The molecule has 1 saturated carbocycles. The van der Waals surface area contributed by atoms with Crippen molar-refractivity contribution in [2.24, 2.45) is 11.7 Å². The Hall–Kier alpha value is -1.10. The molecule has 2 aliphatic heterocycles. The average molecular weight is 226 g/mol. The molecular weight excluding hydrogens is 208 g/mol. The van der Waals surface area contributed by atoms with E-state index in [-0.39, 0.29) is 11.8 Å². The Bertz CT molecular complexity index is 319. The lowest BCUT2D eigenvalue weighted by atomic mass is 9.73. The van der Waals surface area contributed by atoms with Gasteiger partial charge in [0.05, 0.1) is 0 Å². The second-order valence-corrected chi connectivity index (χ2v) is 4.75. The number of carbonyl (C=O) groups is 2. The van der Waals surface area contributed by atoms with E-state index in [2.05, 4.69) is 0 Å². The number of hydrogen-bond acceptors (Lipinski definition) is 3. The molecule has 3 aliphatic rings. The monoisotopic (exact) mass is 226 g/mol. The number of nitrogens with zero attached hydrogens (tertiary/aromatic N) is 1. The average Bonchev–Trinajstić information content (AvgIpc) is 2.73. The highest BCUT2D eigenvalue weighted by molar-refractivity contribution is 5.94. The molecule has 0 spiro atoms. The van der Waals surface area contributed by atoms with Crippen LogP contribution in [0.25, 0.3) is 0 Å². The first kappa shape index (κ1) is 11.4. The highest BCUT2D eigenvalue weighted by atomic mass is 16.5. The maximum absolute atomic E-state index is 12.1. The van der Waals surface area contributed by atoms with E-state index in [4.69, 9.17) is 10.5 Å². The molecule has 1 atom stereocenters. The first-order valence-corrected chi connectivity index (χ1v) is 5.69. The molecule has 5 nitrogen and oxygen atoms in total. The fourth-order valence-electron chi connectivity index (χ4n) is 2.93. The number of ether oxygens (including phenoxy) is 1. The van der Waals surface area contributed by atoms with E-state index in [1.165, 1.54) is 7.11 Å². The molecule has 0 radical (unpaired) electrons. The molecule has 3 fully saturated rings. The van der Waals surface area contributed by atoms with Crippen LogP contribution in [0.4, 0.5) is 0 Å². The predicted octanol–water partition coefficient (Wildman–Crippen LogP) is -0.112. The lowest BCUT2D eigenvalue weighted by Gasteiger charge is -2.39. The van der Waals surface area contributed by atoms with Crippen LogP contribution in [0.15, 0.2) is 0 Å². The quantitative estimate of drug-likeness (QED) is 0.726. The minimum absolute atomic E-state index is 0.0937. The Balaban J connectivity index is 2.16. The Morgan fingerprint density at radius 3 is 2.62 bits per heavy atom. The van der Waals surface area contributed by atoms with E-state index in [1.54, 1.807) is 4.90 Å². The number of rotatable bonds is 4. The molecule has 0 aromatic rings. The van der Waals surface area contributed by atoms with Gasteiger partial charge in [0.25, 0.3) is 5.91 Å². The van der Waals surface area contributed by atoms with Gasteiger partial charge in [-0.2, -0.15) is 0 Å². The van der Waals surface area contributed by atoms with Crippen molar-refractivity contribution < 1.29 is 14.3 Å². The summed E-state index contributed by atoms with van der Waals surface area (Å²) in [4.78, 5) is 25.2. The Morgan fingerprint density at radius 1 is 1.56 bits per heavy atom. The zero-order valence-corrected chi connectivity index (χ0v) is 9.73. The smallest absolute Gasteiger partial charge is 0.252 e. The highest BCUT2D eigenvalue weighted by Crippen LogP contribution is 2.50. The van der Waals surface area contributed by atoms with E-state index in [0.29, 0.717) is 18.9 Å². The van der Waals surface area contributed by atoms with E-state index in [0.717, 1.165) is 12.8 Å². The molecular formula is C11H18N2O3. The van der Waals surface area contributed by atoms with Crippen molar-refractivity contribution in [3.8, 4) is 0 Å². The number of hydrogen-bond donors (Lipinski definition) is 1. The summed E-state index contributed by atoms with van der Waals surface area (Å²) in [5, 5.41) is 0. The largest absolute Gasteiger partial charge is 0.372 e. The van der Waals surface area contributed by atoms with Gasteiger partial charge in [-0.1, -0.05) is 6.92 Å². The Kier molecular flexibility index (Phi) is 2.66. The fraction of sp³-hybridized carbons (Fsp3) is 0.818. The molecule has 2 heterocycles. The van der Waals surface area contributed by atoms with Gasteiger partial charge in [0.15, 0.2) is 0 Å². The van der Waals surface area contributed by atoms with Crippen LogP contribution in [0.2, 0.25) is 0 Å². The number of carbonyl (C=O) groups excluding carboxylic acids is 2. The van der Waals surface area contributed by atoms with Gasteiger partial charge in [0.1, 0.15) is 11.6 Å². The van der Waals surface area contributed by atoms with E-state index in [1.807, 2.05) is 6.92 Å². The zero-order valence-electron chi connectivity index (χ0n) is 9.73. The predicted molar refractivity (Wildman–Crippen MR) is 57.5 cm³/mol. The molecule has 2 bridgehead atoms. The van der Waals surface area contributed by atoms with Gasteiger partial charge in [-0.3, -0.25) is 9.59 Å². The first-order chi connectivity index (χ1) is 7.55. The topological polar surface area (TPSA) is 72.6 Å². The van der Waals surface area contributed by atoms with Crippen LogP contribution in [0.1, 0.15) is 26.2 Å². The Morgan fingerprint density at radius 2 is 2.19 bits per heavy atom. The second-order valence-electron chi connectivity index (χ2n) is 4.75. The summed E-state index contributed by atoms with van der Waals surface area (Å²) >= 11 is 0.